The Balaban J connectivity index is 1.30. The molecule has 0 spiro atoms. The molecule has 27 heavy (non-hydrogen) atoms. The van der Waals surface area contributed by atoms with E-state index in [4.69, 9.17) is 4.74 Å². The molecular formula is C21H24N2O4. The Bertz CT molecular complexity index is 754. The van der Waals surface area contributed by atoms with Crippen molar-refractivity contribution in [1.29, 1.82) is 0 Å². The van der Waals surface area contributed by atoms with Crippen LogP contribution in [0.4, 0.5) is 0 Å². The van der Waals surface area contributed by atoms with Crippen LogP contribution in [0.5, 0.6) is 5.75 Å². The fourth-order valence-corrected chi connectivity index (χ4v) is 4.60. The van der Waals surface area contributed by atoms with Crippen LogP contribution >= 0.6 is 0 Å². The van der Waals surface area contributed by atoms with Crippen LogP contribution in [0.2, 0.25) is 0 Å². The molecular weight excluding hydrogens is 344 g/mol. The number of nitrogens with zero attached hydrogens (tertiary/aromatic N) is 1. The maximum atomic E-state index is 12.7. The maximum Gasteiger partial charge on any atom is 0.233 e. The molecule has 0 unspecified atom stereocenters. The van der Waals surface area contributed by atoms with Gasteiger partial charge in [0.1, 0.15) is 5.75 Å². The Morgan fingerprint density at radius 3 is 2.19 bits per heavy atom. The van der Waals surface area contributed by atoms with Crippen molar-refractivity contribution in [1.82, 2.24) is 10.2 Å². The molecule has 5 rings (SSSR count). The molecule has 0 radical (unpaired) electrons. The minimum Gasteiger partial charge on any atom is -0.497 e. The number of imide groups is 1. The van der Waals surface area contributed by atoms with Crippen molar-refractivity contribution >= 4 is 17.7 Å². The molecule has 0 aromatic heterocycles. The number of carbonyl (C=O) groups is 3. The third-order valence-corrected chi connectivity index (χ3v) is 6.06. The average Bonchev–Trinajstić information content (AvgIpc) is 2.98. The number of nitrogens with one attached hydrogen (secondary N) is 1. The van der Waals surface area contributed by atoms with Crippen LogP contribution in [-0.4, -0.2) is 36.3 Å². The standard InChI is InChI=1S/C21H24N2O4/c1-27-16-8-2-13(3-9-16)12-22-17(24)10-11-23-20(25)18-14-4-5-15(7-6-14)19(18)21(23)26/h2-5,8-9,14-15,18-19H,6-7,10-12H2,1H3,(H,22,24)/t14-,15-,18-,19+/m0/s1. The predicted molar refractivity (Wildman–Crippen MR) is 98.5 cm³/mol. The van der Waals surface area contributed by atoms with Gasteiger partial charge in [0.2, 0.25) is 17.7 Å². The van der Waals surface area contributed by atoms with E-state index < -0.39 is 0 Å². The van der Waals surface area contributed by atoms with E-state index in [9.17, 15) is 14.4 Å². The number of amides is 3. The molecule has 142 valence electrons. The predicted octanol–water partition coefficient (Wildman–Crippen LogP) is 1.90. The van der Waals surface area contributed by atoms with Crippen molar-refractivity contribution in [2.24, 2.45) is 23.7 Å². The minimum absolute atomic E-state index is 0.0907. The second-order valence-corrected chi connectivity index (χ2v) is 7.54. The van der Waals surface area contributed by atoms with Crippen LogP contribution in [0.1, 0.15) is 24.8 Å². The summed E-state index contributed by atoms with van der Waals surface area (Å²) in [4.78, 5) is 38.9. The molecule has 6 heteroatoms. The van der Waals surface area contributed by atoms with Crippen LogP contribution in [-0.2, 0) is 20.9 Å². The second-order valence-electron chi connectivity index (χ2n) is 7.54. The highest BCUT2D eigenvalue weighted by molar-refractivity contribution is 6.06. The van der Waals surface area contributed by atoms with Crippen LogP contribution in [0.15, 0.2) is 36.4 Å². The maximum absolute atomic E-state index is 12.7. The van der Waals surface area contributed by atoms with E-state index in [1.165, 1.54) is 4.90 Å². The van der Waals surface area contributed by atoms with Crippen molar-refractivity contribution in [2.75, 3.05) is 13.7 Å². The fraction of sp³-hybridized carbons (Fsp3) is 0.476. The highest BCUT2D eigenvalue weighted by Crippen LogP contribution is 2.49. The number of allylic oxidation sites excluding steroid dienone is 2. The van der Waals surface area contributed by atoms with Crippen LogP contribution in [0, 0.1) is 23.7 Å². The first-order chi connectivity index (χ1) is 13.1. The molecule has 1 aromatic carbocycles. The minimum atomic E-state index is -0.205. The number of carbonyl (C=O) groups excluding carboxylic acids is 3. The normalized spacial score (nSPS) is 28.4. The zero-order valence-electron chi connectivity index (χ0n) is 15.4. The zero-order chi connectivity index (χ0) is 19.0. The summed E-state index contributed by atoms with van der Waals surface area (Å²) < 4.78 is 5.11. The van der Waals surface area contributed by atoms with Gasteiger partial charge in [0.05, 0.1) is 18.9 Å². The summed E-state index contributed by atoms with van der Waals surface area (Å²) in [6.45, 7) is 0.572. The van der Waals surface area contributed by atoms with Crippen molar-refractivity contribution in [2.45, 2.75) is 25.8 Å². The summed E-state index contributed by atoms with van der Waals surface area (Å²) in [5.74, 6) is 0.380. The fourth-order valence-electron chi connectivity index (χ4n) is 4.60. The zero-order valence-corrected chi connectivity index (χ0v) is 15.4. The monoisotopic (exact) mass is 368 g/mol. The number of benzene rings is 1. The summed E-state index contributed by atoms with van der Waals surface area (Å²) in [5, 5.41) is 2.84. The topological polar surface area (TPSA) is 75.7 Å². The average molecular weight is 368 g/mol. The number of fused-ring (bicyclic) bond motifs is 1. The van der Waals surface area contributed by atoms with Crippen molar-refractivity contribution in [3.05, 3.63) is 42.0 Å². The molecule has 1 N–H and O–H groups in total. The molecule has 4 atom stereocenters. The van der Waals surface area contributed by atoms with E-state index in [1.807, 2.05) is 24.3 Å². The quantitative estimate of drug-likeness (QED) is 0.615. The summed E-state index contributed by atoms with van der Waals surface area (Å²) in [6, 6.07) is 7.46. The number of hydrogen-bond donors (Lipinski definition) is 1. The van der Waals surface area contributed by atoms with E-state index >= 15 is 0 Å². The lowest BCUT2D eigenvalue weighted by molar-refractivity contribution is -0.140. The Hall–Kier alpha value is -2.63. The van der Waals surface area contributed by atoms with Gasteiger partial charge in [-0.15, -0.1) is 0 Å². The van der Waals surface area contributed by atoms with E-state index in [1.54, 1.807) is 7.11 Å². The molecule has 1 saturated heterocycles. The van der Waals surface area contributed by atoms with Crippen LogP contribution in [0.3, 0.4) is 0 Å². The molecule has 1 saturated carbocycles. The number of likely N-dealkylation sites (tertiary alicyclic amines) is 1. The van der Waals surface area contributed by atoms with Crippen LogP contribution in [0.25, 0.3) is 0 Å². The Kier molecular flexibility index (Phi) is 4.72. The van der Waals surface area contributed by atoms with Gasteiger partial charge in [0.15, 0.2) is 0 Å². The summed E-state index contributed by atoms with van der Waals surface area (Å²) in [6.07, 6.45) is 6.31. The third-order valence-electron chi connectivity index (χ3n) is 6.06. The molecule has 3 amide bonds. The Labute approximate surface area is 158 Å². The summed E-state index contributed by atoms with van der Waals surface area (Å²) in [7, 11) is 1.61. The van der Waals surface area contributed by atoms with Gasteiger partial charge >= 0.3 is 0 Å². The van der Waals surface area contributed by atoms with Crippen molar-refractivity contribution in [3.63, 3.8) is 0 Å². The first-order valence-electron chi connectivity index (χ1n) is 9.51. The van der Waals surface area contributed by atoms with Crippen LogP contribution < -0.4 is 10.1 Å². The van der Waals surface area contributed by atoms with E-state index in [0.29, 0.717) is 6.54 Å². The first-order valence-corrected chi connectivity index (χ1v) is 9.51. The van der Waals surface area contributed by atoms with Gasteiger partial charge < -0.3 is 10.1 Å². The molecule has 4 aliphatic rings. The highest BCUT2D eigenvalue weighted by Gasteiger charge is 2.56. The van der Waals surface area contributed by atoms with E-state index in [2.05, 4.69) is 17.5 Å². The van der Waals surface area contributed by atoms with Gasteiger partial charge in [0.25, 0.3) is 0 Å². The van der Waals surface area contributed by atoms with E-state index in [-0.39, 0.29) is 54.4 Å². The summed E-state index contributed by atoms with van der Waals surface area (Å²) in [5.41, 5.74) is 0.964. The Morgan fingerprint density at radius 1 is 1.07 bits per heavy atom. The largest absolute Gasteiger partial charge is 0.497 e. The molecule has 2 fully saturated rings. The van der Waals surface area contributed by atoms with Crippen molar-refractivity contribution in [3.8, 4) is 5.75 Å². The van der Waals surface area contributed by atoms with Gasteiger partial charge in [0, 0.05) is 19.5 Å². The van der Waals surface area contributed by atoms with Gasteiger partial charge in [-0.3, -0.25) is 19.3 Å². The number of hydrogen-bond acceptors (Lipinski definition) is 4. The Morgan fingerprint density at radius 2 is 1.67 bits per heavy atom. The van der Waals surface area contributed by atoms with Gasteiger partial charge in [-0.1, -0.05) is 24.3 Å². The molecule has 1 aromatic rings. The lowest BCUT2D eigenvalue weighted by atomic mass is 9.63. The first kappa shape index (κ1) is 17.8. The molecule has 2 bridgehead atoms. The molecule has 1 heterocycles. The van der Waals surface area contributed by atoms with Crippen molar-refractivity contribution < 1.29 is 19.1 Å². The van der Waals surface area contributed by atoms with Gasteiger partial charge in [-0.05, 0) is 42.4 Å². The third kappa shape index (κ3) is 3.24. The second kappa shape index (κ2) is 7.18. The smallest absolute Gasteiger partial charge is 0.233 e. The number of rotatable bonds is 6. The molecule has 6 nitrogen and oxygen atoms in total. The SMILES string of the molecule is COc1ccc(CNC(=O)CCN2C(=O)[C@@H]3[C@H](C2=O)[C@H]2C=C[C@H]3CC2)cc1. The number of ether oxygens (including phenoxy) is 1. The number of methoxy groups -OCH3 is 1. The van der Waals surface area contributed by atoms with E-state index in [0.717, 1.165) is 24.2 Å². The summed E-state index contributed by atoms with van der Waals surface area (Å²) >= 11 is 0. The lowest BCUT2D eigenvalue weighted by Gasteiger charge is -2.38. The van der Waals surface area contributed by atoms with Gasteiger partial charge in [-0.25, -0.2) is 0 Å². The lowest BCUT2D eigenvalue weighted by Crippen LogP contribution is -2.38. The highest BCUT2D eigenvalue weighted by atomic mass is 16.5. The van der Waals surface area contributed by atoms with Gasteiger partial charge in [-0.2, -0.15) is 0 Å². The molecule has 3 aliphatic carbocycles. The molecule has 1 aliphatic heterocycles.